The fourth-order valence-corrected chi connectivity index (χ4v) is 5.50. The summed E-state index contributed by atoms with van der Waals surface area (Å²) in [6.07, 6.45) is 29.2. The SMILES string of the molecule is CCCCCCCCCCCCCC(=O)C(CCO[N+](C)(C)CCO)C(=O)CCCCCCCCCCCCC. The number of ketones is 2. The first-order chi connectivity index (χ1) is 19.4. The molecule has 0 fully saturated rings. The predicted octanol–water partition coefficient (Wildman–Crippen LogP) is 9.53. The van der Waals surface area contributed by atoms with E-state index in [-0.39, 0.29) is 22.8 Å². The lowest BCUT2D eigenvalue weighted by atomic mass is 9.89. The Labute approximate surface area is 249 Å². The van der Waals surface area contributed by atoms with Gasteiger partial charge in [-0.3, -0.25) is 9.59 Å². The monoisotopic (exact) mass is 569 g/mol. The van der Waals surface area contributed by atoms with Crippen molar-refractivity contribution >= 4 is 11.6 Å². The zero-order valence-electron chi connectivity index (χ0n) is 27.5. The standard InChI is InChI=1S/C35H70NO4/c1-5-7-9-11-13-15-17-19-21-23-25-27-34(38)33(29-32-40-36(3,4)30-31-37)35(39)28-26-24-22-20-18-16-14-12-10-8-6-2/h33,37H,5-32H2,1-4H3/q+1. The normalized spacial score (nSPS) is 11.9. The van der Waals surface area contributed by atoms with Gasteiger partial charge < -0.3 is 5.11 Å². The van der Waals surface area contributed by atoms with Gasteiger partial charge in [-0.05, 0) is 19.3 Å². The summed E-state index contributed by atoms with van der Waals surface area (Å²) in [7, 11) is 3.79. The minimum Gasteiger partial charge on any atom is -0.390 e. The fourth-order valence-electron chi connectivity index (χ4n) is 5.50. The summed E-state index contributed by atoms with van der Waals surface area (Å²) in [6.45, 7) is 5.42. The molecule has 238 valence electrons. The Kier molecular flexibility index (Phi) is 27.8. The van der Waals surface area contributed by atoms with E-state index in [0.717, 1.165) is 25.7 Å². The highest BCUT2D eigenvalue weighted by molar-refractivity contribution is 6.02. The summed E-state index contributed by atoms with van der Waals surface area (Å²) < 4.78 is 0.239. The van der Waals surface area contributed by atoms with Crippen molar-refractivity contribution in [3.8, 4) is 0 Å². The largest absolute Gasteiger partial charge is 0.390 e. The second-order valence-corrected chi connectivity index (χ2v) is 12.7. The van der Waals surface area contributed by atoms with Crippen molar-refractivity contribution in [3.05, 3.63) is 0 Å². The molecule has 0 bridgehead atoms. The Morgan fingerprint density at radius 3 is 1.23 bits per heavy atom. The average molecular weight is 569 g/mol. The zero-order valence-corrected chi connectivity index (χ0v) is 27.5. The van der Waals surface area contributed by atoms with E-state index in [1.165, 1.54) is 116 Å². The van der Waals surface area contributed by atoms with Crippen LogP contribution in [0, 0.1) is 5.92 Å². The van der Waals surface area contributed by atoms with Crippen molar-refractivity contribution < 1.29 is 24.2 Å². The van der Waals surface area contributed by atoms with E-state index in [0.29, 0.717) is 32.4 Å². The third kappa shape index (κ3) is 25.0. The van der Waals surface area contributed by atoms with Gasteiger partial charge in [0.2, 0.25) is 0 Å². The van der Waals surface area contributed by atoms with Gasteiger partial charge >= 0.3 is 0 Å². The maximum Gasteiger partial charge on any atom is 0.143 e. The van der Waals surface area contributed by atoms with Crippen LogP contribution in [0.3, 0.4) is 0 Å². The van der Waals surface area contributed by atoms with E-state index < -0.39 is 5.92 Å². The molecule has 0 atom stereocenters. The quantitative estimate of drug-likeness (QED) is 0.0380. The molecule has 0 rings (SSSR count). The molecule has 0 heterocycles. The van der Waals surface area contributed by atoms with E-state index in [2.05, 4.69) is 13.8 Å². The lowest BCUT2D eigenvalue weighted by molar-refractivity contribution is -1.08. The summed E-state index contributed by atoms with van der Waals surface area (Å²) in [5.74, 6) is -0.305. The van der Waals surface area contributed by atoms with E-state index >= 15 is 0 Å². The molecule has 0 aromatic rings. The van der Waals surface area contributed by atoms with Crippen LogP contribution in [0.25, 0.3) is 0 Å². The molecule has 40 heavy (non-hydrogen) atoms. The van der Waals surface area contributed by atoms with Crippen LogP contribution < -0.4 is 0 Å². The number of likely N-dealkylation sites (N-methyl/N-ethyl adjacent to an activating group) is 1. The molecule has 0 radical (unpaired) electrons. The van der Waals surface area contributed by atoms with Crippen molar-refractivity contribution in [1.29, 1.82) is 0 Å². The van der Waals surface area contributed by atoms with Gasteiger partial charge in [0.25, 0.3) is 0 Å². The topological polar surface area (TPSA) is 63.6 Å². The molecule has 0 saturated carbocycles. The number of carbonyl (C=O) groups excluding carboxylic acids is 2. The molecule has 0 aromatic heterocycles. The van der Waals surface area contributed by atoms with Crippen molar-refractivity contribution in [2.45, 2.75) is 174 Å². The van der Waals surface area contributed by atoms with Gasteiger partial charge in [0.1, 0.15) is 24.7 Å². The number of hydroxylamine groups is 3. The van der Waals surface area contributed by atoms with Gasteiger partial charge in [0.15, 0.2) is 0 Å². The number of hydrogen-bond acceptors (Lipinski definition) is 4. The third-order valence-corrected chi connectivity index (χ3v) is 8.32. The highest BCUT2D eigenvalue weighted by Crippen LogP contribution is 2.19. The minimum atomic E-state index is -0.527. The van der Waals surface area contributed by atoms with Gasteiger partial charge in [-0.2, -0.15) is 4.65 Å². The van der Waals surface area contributed by atoms with Crippen molar-refractivity contribution in [1.82, 2.24) is 0 Å². The maximum absolute atomic E-state index is 13.1. The van der Waals surface area contributed by atoms with Crippen LogP contribution in [0.5, 0.6) is 0 Å². The Hall–Kier alpha value is -0.780. The Bertz CT molecular complexity index is 540. The number of carbonyl (C=O) groups is 2. The summed E-state index contributed by atoms with van der Waals surface area (Å²) in [5.41, 5.74) is 0. The van der Waals surface area contributed by atoms with Crippen LogP contribution in [0.15, 0.2) is 0 Å². The number of nitrogens with zero attached hydrogens (tertiary/aromatic N) is 1. The maximum atomic E-state index is 13.1. The molecular formula is C35H70NO4+. The summed E-state index contributed by atoms with van der Waals surface area (Å²) in [6, 6.07) is 0. The van der Waals surface area contributed by atoms with E-state index in [4.69, 9.17) is 4.84 Å². The van der Waals surface area contributed by atoms with Gasteiger partial charge in [-0.15, -0.1) is 0 Å². The van der Waals surface area contributed by atoms with E-state index in [9.17, 15) is 14.7 Å². The van der Waals surface area contributed by atoms with Crippen molar-refractivity contribution in [2.24, 2.45) is 5.92 Å². The molecule has 0 aliphatic carbocycles. The van der Waals surface area contributed by atoms with Crippen LogP contribution in [-0.4, -0.2) is 55.2 Å². The molecule has 0 saturated heterocycles. The molecule has 0 aliphatic rings. The highest BCUT2D eigenvalue weighted by Gasteiger charge is 2.27. The highest BCUT2D eigenvalue weighted by atomic mass is 16.7. The second kappa shape index (κ2) is 28.3. The first-order valence-corrected chi connectivity index (χ1v) is 17.5. The van der Waals surface area contributed by atoms with Gasteiger partial charge in [-0.1, -0.05) is 142 Å². The molecule has 0 unspecified atom stereocenters. The van der Waals surface area contributed by atoms with Crippen LogP contribution in [0.2, 0.25) is 0 Å². The summed E-state index contributed by atoms with van der Waals surface area (Å²) >= 11 is 0. The number of Topliss-reactive ketones (excluding diaryl/α,β-unsaturated/α-hetero) is 2. The van der Waals surface area contributed by atoms with Crippen molar-refractivity contribution in [3.63, 3.8) is 0 Å². The number of aliphatic hydroxyl groups excluding tert-OH is 1. The number of hydrogen-bond donors (Lipinski definition) is 1. The lowest BCUT2D eigenvalue weighted by Gasteiger charge is -2.26. The van der Waals surface area contributed by atoms with Gasteiger partial charge in [0, 0.05) is 12.8 Å². The molecule has 0 aromatic carbocycles. The Balaban J connectivity index is 4.30. The smallest absolute Gasteiger partial charge is 0.143 e. The van der Waals surface area contributed by atoms with E-state index in [1.807, 2.05) is 14.1 Å². The number of quaternary nitrogens is 1. The third-order valence-electron chi connectivity index (χ3n) is 8.32. The lowest BCUT2D eigenvalue weighted by Crippen LogP contribution is -2.42. The first-order valence-electron chi connectivity index (χ1n) is 17.5. The van der Waals surface area contributed by atoms with Gasteiger partial charge in [0.05, 0.1) is 26.6 Å². The number of rotatable bonds is 32. The molecule has 1 N–H and O–H groups in total. The van der Waals surface area contributed by atoms with Crippen molar-refractivity contribution in [2.75, 3.05) is 33.9 Å². The molecular weight excluding hydrogens is 498 g/mol. The summed E-state index contributed by atoms with van der Waals surface area (Å²) in [4.78, 5) is 32.1. The van der Waals surface area contributed by atoms with Crippen LogP contribution in [0.1, 0.15) is 174 Å². The predicted molar refractivity (Wildman–Crippen MR) is 170 cm³/mol. The average Bonchev–Trinajstić information content (AvgIpc) is 2.92. The van der Waals surface area contributed by atoms with Crippen LogP contribution >= 0.6 is 0 Å². The number of aliphatic hydroxyl groups is 1. The van der Waals surface area contributed by atoms with Crippen LogP contribution in [-0.2, 0) is 14.4 Å². The number of unbranched alkanes of at least 4 members (excludes halogenated alkanes) is 20. The van der Waals surface area contributed by atoms with Gasteiger partial charge in [-0.25, -0.2) is 4.84 Å². The first kappa shape index (κ1) is 39.2. The van der Waals surface area contributed by atoms with E-state index in [1.54, 1.807) is 0 Å². The zero-order chi connectivity index (χ0) is 29.7. The summed E-state index contributed by atoms with van der Waals surface area (Å²) in [5, 5.41) is 9.25. The Morgan fingerprint density at radius 2 is 0.900 bits per heavy atom. The molecule has 5 nitrogen and oxygen atoms in total. The second-order valence-electron chi connectivity index (χ2n) is 12.7. The Morgan fingerprint density at radius 1 is 0.575 bits per heavy atom. The van der Waals surface area contributed by atoms with Crippen LogP contribution in [0.4, 0.5) is 0 Å². The fraction of sp³-hybridized carbons (Fsp3) is 0.943. The molecule has 0 amide bonds. The molecule has 0 aliphatic heterocycles. The minimum absolute atomic E-state index is 0.0476. The molecule has 5 heteroatoms. The molecule has 0 spiro atoms.